The van der Waals surface area contributed by atoms with E-state index in [2.05, 4.69) is 171 Å². The molecule has 0 aromatic heterocycles. The molecule has 3 aromatic rings. The summed E-state index contributed by atoms with van der Waals surface area (Å²) in [5.74, 6) is 3.31. The maximum Gasteiger partial charge on any atom is 0.261 e. The maximum atomic E-state index is 7.20. The minimum absolute atomic E-state index is 0.0292. The molecule has 2 nitrogen and oxygen atoms in total. The zero-order chi connectivity index (χ0) is 37.7. The number of benzene rings is 3. The SMILES string of the molecule is C[C@H](C/C=C/[C@H](C)CCC[C@H](C)C/C=C/[C@H](C)CCCOCc1ccccc1)CCC[C@@H](C)CO[Si](c1ccccc1)(c1ccccc1)C(C)(C)C. The molecule has 0 bridgehead atoms. The summed E-state index contributed by atoms with van der Waals surface area (Å²) in [4.78, 5) is 0. The molecule has 0 fully saturated rings. The Labute approximate surface area is 321 Å². The second kappa shape index (κ2) is 23.8. The fraction of sp³-hybridized carbons (Fsp3) is 0.551. The summed E-state index contributed by atoms with van der Waals surface area (Å²) in [7, 11) is -2.46. The summed E-state index contributed by atoms with van der Waals surface area (Å²) >= 11 is 0. The zero-order valence-electron chi connectivity index (χ0n) is 34.4. The van der Waals surface area contributed by atoms with Gasteiger partial charge in [0, 0.05) is 13.2 Å². The van der Waals surface area contributed by atoms with E-state index in [0.29, 0.717) is 17.8 Å². The highest BCUT2D eigenvalue weighted by molar-refractivity contribution is 6.99. The monoisotopic (exact) mass is 723 g/mol. The molecule has 0 aliphatic carbocycles. The Bertz CT molecular complexity index is 1340. The van der Waals surface area contributed by atoms with Gasteiger partial charge in [0.05, 0.1) is 6.61 Å². The smallest absolute Gasteiger partial charge is 0.261 e. The van der Waals surface area contributed by atoms with Crippen molar-refractivity contribution in [3.05, 3.63) is 121 Å². The van der Waals surface area contributed by atoms with Crippen molar-refractivity contribution in [2.24, 2.45) is 29.6 Å². The van der Waals surface area contributed by atoms with Crippen LogP contribution >= 0.6 is 0 Å². The largest absolute Gasteiger partial charge is 0.407 e. The molecule has 286 valence electrons. The number of hydrogen-bond acceptors (Lipinski definition) is 2. The van der Waals surface area contributed by atoms with E-state index in [0.717, 1.165) is 38.1 Å². The molecule has 0 heterocycles. The minimum atomic E-state index is -2.46. The second-order valence-electron chi connectivity index (χ2n) is 17.1. The van der Waals surface area contributed by atoms with Gasteiger partial charge in [0.2, 0.25) is 0 Å². The Balaban J connectivity index is 1.27. The van der Waals surface area contributed by atoms with Crippen molar-refractivity contribution in [2.45, 2.75) is 131 Å². The van der Waals surface area contributed by atoms with E-state index >= 15 is 0 Å². The highest BCUT2D eigenvalue weighted by Crippen LogP contribution is 2.37. The third-order valence-electron chi connectivity index (χ3n) is 10.8. The predicted octanol–water partition coefficient (Wildman–Crippen LogP) is 13.0. The molecule has 0 aliphatic rings. The lowest BCUT2D eigenvalue weighted by molar-refractivity contribution is 0.115. The van der Waals surface area contributed by atoms with Crippen LogP contribution in [-0.2, 0) is 15.8 Å². The van der Waals surface area contributed by atoms with E-state index in [1.165, 1.54) is 73.7 Å². The number of hydrogen-bond donors (Lipinski definition) is 0. The van der Waals surface area contributed by atoms with Crippen molar-refractivity contribution in [1.82, 2.24) is 0 Å². The Kier molecular flexibility index (Phi) is 20.0. The van der Waals surface area contributed by atoms with Crippen LogP contribution < -0.4 is 10.4 Å². The van der Waals surface area contributed by atoms with Crippen molar-refractivity contribution in [3.63, 3.8) is 0 Å². The van der Waals surface area contributed by atoms with Gasteiger partial charge >= 0.3 is 0 Å². The van der Waals surface area contributed by atoms with Crippen molar-refractivity contribution in [3.8, 4) is 0 Å². The standard InChI is InChI=1S/C49H74O2Si/c1-41(23-18-24-42(2)27-20-28-44(4)31-22-38-50-40-46-32-12-9-13-33-46)25-19-26-43(3)29-21-30-45(5)39-51-52(49(6,7)8,47-34-14-10-15-35-47)48-36-16-11-17-37-48/h9-17,19-20,25,28,32-37,41-45H,18,21-24,26-27,29-31,38-40H2,1-8H3/b25-19+,28-20+/t41-,42+,43-,44+,45-/m1/s1. The van der Waals surface area contributed by atoms with E-state index in [-0.39, 0.29) is 5.04 Å². The lowest BCUT2D eigenvalue weighted by atomic mass is 9.94. The van der Waals surface area contributed by atoms with Gasteiger partial charge in [-0.3, -0.25) is 0 Å². The molecule has 3 aromatic carbocycles. The minimum Gasteiger partial charge on any atom is -0.407 e. The van der Waals surface area contributed by atoms with E-state index in [4.69, 9.17) is 9.16 Å². The van der Waals surface area contributed by atoms with Crippen LogP contribution in [0, 0.1) is 29.6 Å². The van der Waals surface area contributed by atoms with Gasteiger partial charge in [-0.05, 0) is 89.1 Å². The predicted molar refractivity (Wildman–Crippen MR) is 230 cm³/mol. The zero-order valence-corrected chi connectivity index (χ0v) is 35.4. The van der Waals surface area contributed by atoms with Crippen LogP contribution in [0.1, 0.15) is 125 Å². The van der Waals surface area contributed by atoms with Gasteiger partial charge in [-0.1, -0.05) is 196 Å². The lowest BCUT2D eigenvalue weighted by Gasteiger charge is -2.43. The first-order valence-electron chi connectivity index (χ1n) is 20.7. The molecule has 0 unspecified atom stereocenters. The molecule has 3 rings (SSSR count). The van der Waals surface area contributed by atoms with Gasteiger partial charge in [-0.2, -0.15) is 0 Å². The third kappa shape index (κ3) is 15.7. The van der Waals surface area contributed by atoms with E-state index < -0.39 is 8.32 Å². The third-order valence-corrected chi connectivity index (χ3v) is 15.8. The van der Waals surface area contributed by atoms with Gasteiger partial charge in [0.25, 0.3) is 8.32 Å². The molecular weight excluding hydrogens is 649 g/mol. The van der Waals surface area contributed by atoms with Crippen LogP contribution in [0.5, 0.6) is 0 Å². The molecule has 0 radical (unpaired) electrons. The molecule has 0 amide bonds. The normalized spacial score (nSPS) is 15.5. The molecule has 0 spiro atoms. The Morgan fingerprint density at radius 2 is 1.00 bits per heavy atom. The average molecular weight is 723 g/mol. The van der Waals surface area contributed by atoms with Crippen molar-refractivity contribution in [2.75, 3.05) is 13.2 Å². The number of rotatable bonds is 25. The highest BCUT2D eigenvalue weighted by atomic mass is 28.4. The van der Waals surface area contributed by atoms with Crippen LogP contribution in [0.2, 0.25) is 5.04 Å². The first-order valence-corrected chi connectivity index (χ1v) is 22.6. The lowest BCUT2D eigenvalue weighted by Crippen LogP contribution is -2.66. The first-order chi connectivity index (χ1) is 25.0. The molecular formula is C49H74O2Si. The highest BCUT2D eigenvalue weighted by Gasteiger charge is 2.50. The molecule has 52 heavy (non-hydrogen) atoms. The summed E-state index contributed by atoms with van der Waals surface area (Å²) in [6.07, 6.45) is 22.2. The molecule has 0 saturated carbocycles. The van der Waals surface area contributed by atoms with Crippen LogP contribution in [0.25, 0.3) is 0 Å². The maximum absolute atomic E-state index is 7.20. The van der Waals surface area contributed by atoms with Gasteiger partial charge < -0.3 is 9.16 Å². The van der Waals surface area contributed by atoms with Crippen molar-refractivity contribution in [1.29, 1.82) is 0 Å². The van der Waals surface area contributed by atoms with Crippen molar-refractivity contribution >= 4 is 18.7 Å². The second-order valence-corrected chi connectivity index (χ2v) is 21.4. The quantitative estimate of drug-likeness (QED) is 0.0492. The Morgan fingerprint density at radius 3 is 1.50 bits per heavy atom. The average Bonchev–Trinajstić information content (AvgIpc) is 3.12. The molecule has 0 saturated heterocycles. The Morgan fingerprint density at radius 1 is 0.558 bits per heavy atom. The first kappa shape index (κ1) is 43.7. The van der Waals surface area contributed by atoms with Gasteiger partial charge in [0.15, 0.2) is 0 Å². The fourth-order valence-electron chi connectivity index (χ4n) is 7.50. The van der Waals surface area contributed by atoms with Gasteiger partial charge in [-0.15, -0.1) is 0 Å². The molecule has 3 heteroatoms. The summed E-state index contributed by atoms with van der Waals surface area (Å²) in [5.41, 5.74) is 1.26. The number of allylic oxidation sites excluding steroid dienone is 4. The summed E-state index contributed by atoms with van der Waals surface area (Å²) in [5, 5.41) is 2.77. The van der Waals surface area contributed by atoms with Crippen LogP contribution in [0.3, 0.4) is 0 Å². The Hall–Kier alpha value is -2.72. The van der Waals surface area contributed by atoms with E-state index in [1.54, 1.807) is 0 Å². The van der Waals surface area contributed by atoms with E-state index in [9.17, 15) is 0 Å². The summed E-state index contributed by atoms with van der Waals surface area (Å²) in [6, 6.07) is 32.5. The number of ether oxygens (including phenoxy) is 1. The fourth-order valence-corrected chi connectivity index (χ4v) is 12.2. The topological polar surface area (TPSA) is 18.5 Å². The van der Waals surface area contributed by atoms with Gasteiger partial charge in [-0.25, -0.2) is 0 Å². The summed E-state index contributed by atoms with van der Waals surface area (Å²) in [6.45, 7) is 21.4. The van der Waals surface area contributed by atoms with Crippen molar-refractivity contribution < 1.29 is 9.16 Å². The van der Waals surface area contributed by atoms with Gasteiger partial charge in [0.1, 0.15) is 0 Å². The summed E-state index contributed by atoms with van der Waals surface area (Å²) < 4.78 is 13.1. The van der Waals surface area contributed by atoms with Crippen LogP contribution in [-0.4, -0.2) is 21.5 Å². The molecule has 5 atom stereocenters. The molecule has 0 N–H and O–H groups in total. The van der Waals surface area contributed by atoms with E-state index in [1.807, 2.05) is 0 Å². The molecule has 0 aliphatic heterocycles. The van der Waals surface area contributed by atoms with Crippen LogP contribution in [0.15, 0.2) is 115 Å². The van der Waals surface area contributed by atoms with Crippen LogP contribution in [0.4, 0.5) is 0 Å².